The van der Waals surface area contributed by atoms with Crippen molar-refractivity contribution < 1.29 is 14.3 Å². The number of rotatable bonds is 3. The topological polar surface area (TPSA) is 47.6 Å². The molecule has 0 unspecified atom stereocenters. The van der Waals surface area contributed by atoms with Crippen LogP contribution in [0.25, 0.3) is 0 Å². The average Bonchev–Trinajstić information content (AvgIpc) is 2.93. The monoisotopic (exact) mass is 289 g/mol. The van der Waals surface area contributed by atoms with Crippen molar-refractivity contribution in [3.05, 3.63) is 40.1 Å². The van der Waals surface area contributed by atoms with Crippen molar-refractivity contribution in [2.24, 2.45) is 0 Å². The van der Waals surface area contributed by atoms with Crippen LogP contribution in [-0.2, 0) is 4.79 Å². The van der Waals surface area contributed by atoms with Crippen LogP contribution in [-0.4, -0.2) is 20.1 Å². The molecule has 1 amide bonds. The van der Waals surface area contributed by atoms with E-state index in [4.69, 9.17) is 9.47 Å². The van der Waals surface area contributed by atoms with Gasteiger partial charge < -0.3 is 14.8 Å². The molecule has 0 fully saturated rings. The van der Waals surface area contributed by atoms with Crippen molar-refractivity contribution in [3.8, 4) is 11.5 Å². The molecule has 2 heterocycles. The molecule has 1 atom stereocenters. The Morgan fingerprint density at radius 1 is 1.25 bits per heavy atom. The van der Waals surface area contributed by atoms with Gasteiger partial charge in [-0.25, -0.2) is 0 Å². The zero-order valence-corrected chi connectivity index (χ0v) is 12.1. The fraction of sp³-hybridized carbons (Fsp3) is 0.267. The molecule has 1 aromatic heterocycles. The van der Waals surface area contributed by atoms with Gasteiger partial charge in [-0.15, -0.1) is 11.3 Å². The minimum atomic E-state index is 0.0405. The number of ether oxygens (including phenoxy) is 2. The number of carbonyl (C=O) groups is 1. The van der Waals surface area contributed by atoms with Gasteiger partial charge in [-0.2, -0.15) is 0 Å². The van der Waals surface area contributed by atoms with Crippen LogP contribution in [0.5, 0.6) is 11.5 Å². The van der Waals surface area contributed by atoms with Crippen LogP contribution in [0.3, 0.4) is 0 Å². The molecule has 0 aliphatic carbocycles. The highest BCUT2D eigenvalue weighted by Gasteiger charge is 2.29. The van der Waals surface area contributed by atoms with Crippen molar-refractivity contribution in [3.63, 3.8) is 0 Å². The summed E-state index contributed by atoms with van der Waals surface area (Å²) >= 11 is 1.66. The molecule has 0 saturated carbocycles. The second kappa shape index (κ2) is 5.17. The Hall–Kier alpha value is -2.01. The van der Waals surface area contributed by atoms with Gasteiger partial charge in [0.15, 0.2) is 0 Å². The predicted molar refractivity (Wildman–Crippen MR) is 79.0 cm³/mol. The summed E-state index contributed by atoms with van der Waals surface area (Å²) in [4.78, 5) is 13.0. The first-order chi connectivity index (χ1) is 9.72. The van der Waals surface area contributed by atoms with E-state index in [1.54, 1.807) is 25.6 Å². The number of hydrogen-bond donors (Lipinski definition) is 1. The maximum Gasteiger partial charge on any atom is 0.225 e. The normalized spacial score (nSPS) is 17.3. The van der Waals surface area contributed by atoms with Gasteiger partial charge in [-0.05, 0) is 17.5 Å². The molecule has 2 aromatic rings. The van der Waals surface area contributed by atoms with E-state index in [0.29, 0.717) is 6.42 Å². The van der Waals surface area contributed by atoms with Crippen molar-refractivity contribution in [1.29, 1.82) is 0 Å². The number of thiophene rings is 1. The molecule has 0 saturated heterocycles. The molecule has 5 heteroatoms. The molecule has 1 N–H and O–H groups in total. The molecular weight excluding hydrogens is 274 g/mol. The molecule has 0 bridgehead atoms. The van der Waals surface area contributed by atoms with Gasteiger partial charge in [0.1, 0.15) is 11.5 Å². The van der Waals surface area contributed by atoms with Crippen LogP contribution in [0.15, 0.2) is 29.6 Å². The third-order valence-corrected chi connectivity index (χ3v) is 4.52. The van der Waals surface area contributed by atoms with E-state index in [2.05, 4.69) is 5.32 Å². The van der Waals surface area contributed by atoms with Crippen molar-refractivity contribution in [1.82, 2.24) is 0 Å². The molecule has 1 aliphatic rings. The van der Waals surface area contributed by atoms with Gasteiger partial charge in [0.2, 0.25) is 5.91 Å². The lowest BCUT2D eigenvalue weighted by Gasteiger charge is -2.24. The van der Waals surface area contributed by atoms with Crippen LogP contribution in [0.4, 0.5) is 5.69 Å². The Bertz CT molecular complexity index is 650. The SMILES string of the molecule is COc1ccc([C@@H]2CC(=O)Nc3ccsc32)c(OC)c1. The van der Waals surface area contributed by atoms with E-state index in [1.165, 1.54) is 4.88 Å². The van der Waals surface area contributed by atoms with Crippen molar-refractivity contribution >= 4 is 22.9 Å². The Morgan fingerprint density at radius 3 is 2.85 bits per heavy atom. The van der Waals surface area contributed by atoms with E-state index < -0.39 is 0 Å². The van der Waals surface area contributed by atoms with Crippen LogP contribution < -0.4 is 14.8 Å². The number of fused-ring (bicyclic) bond motifs is 1. The van der Waals surface area contributed by atoms with E-state index >= 15 is 0 Å². The van der Waals surface area contributed by atoms with E-state index in [1.807, 2.05) is 29.6 Å². The summed E-state index contributed by atoms with van der Waals surface area (Å²) in [5.41, 5.74) is 1.93. The molecule has 0 radical (unpaired) electrons. The van der Waals surface area contributed by atoms with Gasteiger partial charge in [-0.3, -0.25) is 4.79 Å². The standard InChI is InChI=1S/C15H15NO3S/c1-18-9-3-4-10(13(7-9)19-2)11-8-14(17)16-12-5-6-20-15(11)12/h3-7,11H,8H2,1-2H3,(H,16,17)/t11-/m0/s1. The highest BCUT2D eigenvalue weighted by atomic mass is 32.1. The zero-order chi connectivity index (χ0) is 14.1. The first kappa shape index (κ1) is 13.0. The summed E-state index contributed by atoms with van der Waals surface area (Å²) in [6.45, 7) is 0. The summed E-state index contributed by atoms with van der Waals surface area (Å²) in [6.07, 6.45) is 0.441. The molecule has 3 rings (SSSR count). The quantitative estimate of drug-likeness (QED) is 0.943. The van der Waals surface area contributed by atoms with Crippen LogP contribution >= 0.6 is 11.3 Å². The Kier molecular flexibility index (Phi) is 3.36. The van der Waals surface area contributed by atoms with E-state index in [-0.39, 0.29) is 11.8 Å². The summed E-state index contributed by atoms with van der Waals surface area (Å²) in [6, 6.07) is 7.68. The fourth-order valence-electron chi connectivity index (χ4n) is 2.53. The molecule has 0 spiro atoms. The third-order valence-electron chi connectivity index (χ3n) is 3.49. The average molecular weight is 289 g/mol. The summed E-state index contributed by atoms with van der Waals surface area (Å²) in [7, 11) is 3.26. The molecule has 104 valence electrons. The highest BCUT2D eigenvalue weighted by molar-refractivity contribution is 7.10. The number of carbonyl (C=O) groups excluding carboxylic acids is 1. The zero-order valence-electron chi connectivity index (χ0n) is 11.3. The highest BCUT2D eigenvalue weighted by Crippen LogP contribution is 2.44. The minimum absolute atomic E-state index is 0.0405. The van der Waals surface area contributed by atoms with Crippen LogP contribution in [0.2, 0.25) is 0 Å². The predicted octanol–water partition coefficient (Wildman–Crippen LogP) is 3.24. The third kappa shape index (κ3) is 2.14. The Balaban J connectivity index is 2.08. The second-order valence-corrected chi connectivity index (χ2v) is 5.56. The molecule has 1 aliphatic heterocycles. The van der Waals surface area contributed by atoms with Gasteiger partial charge in [0, 0.05) is 28.8 Å². The van der Waals surface area contributed by atoms with Crippen LogP contribution in [0.1, 0.15) is 22.8 Å². The maximum atomic E-state index is 11.9. The number of hydrogen-bond acceptors (Lipinski definition) is 4. The largest absolute Gasteiger partial charge is 0.497 e. The fourth-order valence-corrected chi connectivity index (χ4v) is 3.50. The van der Waals surface area contributed by atoms with Crippen molar-refractivity contribution in [2.75, 3.05) is 19.5 Å². The molecule has 20 heavy (non-hydrogen) atoms. The van der Waals surface area contributed by atoms with Gasteiger partial charge >= 0.3 is 0 Å². The molecule has 1 aromatic carbocycles. The number of amides is 1. The Morgan fingerprint density at radius 2 is 2.10 bits per heavy atom. The second-order valence-electron chi connectivity index (χ2n) is 4.61. The number of methoxy groups -OCH3 is 2. The first-order valence-corrected chi connectivity index (χ1v) is 7.20. The summed E-state index contributed by atoms with van der Waals surface area (Å²) in [5, 5.41) is 4.90. The number of nitrogens with one attached hydrogen (secondary N) is 1. The van der Waals surface area contributed by atoms with E-state index in [0.717, 1.165) is 22.7 Å². The Labute approximate surface area is 121 Å². The minimum Gasteiger partial charge on any atom is -0.497 e. The lowest BCUT2D eigenvalue weighted by molar-refractivity contribution is -0.116. The van der Waals surface area contributed by atoms with Crippen molar-refractivity contribution in [2.45, 2.75) is 12.3 Å². The number of benzene rings is 1. The smallest absolute Gasteiger partial charge is 0.225 e. The van der Waals surface area contributed by atoms with Gasteiger partial charge in [0.05, 0.1) is 19.9 Å². The van der Waals surface area contributed by atoms with Gasteiger partial charge in [-0.1, -0.05) is 6.07 Å². The lowest BCUT2D eigenvalue weighted by atomic mass is 9.90. The maximum absolute atomic E-state index is 11.9. The first-order valence-electron chi connectivity index (χ1n) is 6.32. The summed E-state index contributed by atoms with van der Waals surface area (Å²) in [5.74, 6) is 1.58. The summed E-state index contributed by atoms with van der Waals surface area (Å²) < 4.78 is 10.7. The van der Waals surface area contributed by atoms with E-state index in [9.17, 15) is 4.79 Å². The lowest BCUT2D eigenvalue weighted by Crippen LogP contribution is -2.22. The molecule has 4 nitrogen and oxygen atoms in total. The number of anilines is 1. The molecular formula is C15H15NO3S. The van der Waals surface area contributed by atoms with Gasteiger partial charge in [0.25, 0.3) is 0 Å². The van der Waals surface area contributed by atoms with Crippen LogP contribution in [0, 0.1) is 0 Å².